The highest BCUT2D eigenvalue weighted by Gasteiger charge is 2.08. The first-order chi connectivity index (χ1) is 12.3. The molecule has 0 unspecified atom stereocenters. The van der Waals surface area contributed by atoms with Gasteiger partial charge in [0, 0.05) is 30.1 Å². The van der Waals surface area contributed by atoms with E-state index in [2.05, 4.69) is 10.6 Å². The Bertz CT molecular complexity index is 871. The van der Waals surface area contributed by atoms with Crippen molar-refractivity contribution >= 4 is 23.5 Å². The van der Waals surface area contributed by atoms with Crippen LogP contribution in [0, 0.1) is 6.92 Å². The van der Waals surface area contributed by atoms with Crippen LogP contribution in [0.3, 0.4) is 0 Å². The number of pyridine rings is 1. The molecule has 0 aliphatic carbocycles. The van der Waals surface area contributed by atoms with E-state index in [0.717, 1.165) is 5.56 Å². The van der Waals surface area contributed by atoms with Crippen LogP contribution >= 0.6 is 0 Å². The van der Waals surface area contributed by atoms with E-state index in [1.54, 1.807) is 24.4 Å². The molecule has 1 aromatic heterocycles. The Hall–Kier alpha value is -3.42. The fourth-order valence-corrected chi connectivity index (χ4v) is 2.22. The molecule has 0 aliphatic rings. The topological polar surface area (TPSA) is 118 Å². The highest BCUT2D eigenvalue weighted by atomic mass is 16.4. The van der Waals surface area contributed by atoms with Gasteiger partial charge in [0.05, 0.1) is 6.42 Å². The van der Waals surface area contributed by atoms with E-state index in [1.165, 1.54) is 22.8 Å². The molecule has 0 radical (unpaired) electrons. The van der Waals surface area contributed by atoms with Crippen LogP contribution in [0.1, 0.15) is 22.3 Å². The first-order valence-electron chi connectivity index (χ1n) is 7.92. The summed E-state index contributed by atoms with van der Waals surface area (Å²) in [5, 5.41) is 13.7. The second-order valence-electron chi connectivity index (χ2n) is 5.70. The Kier molecular flexibility index (Phi) is 6.26. The number of aryl methyl sites for hydroxylation is 1. The predicted octanol–water partition coefficient (Wildman–Crippen LogP) is 1.000. The lowest BCUT2D eigenvalue weighted by atomic mass is 10.2. The fraction of sp³-hybridized carbons (Fsp3) is 0.222. The summed E-state index contributed by atoms with van der Waals surface area (Å²) in [7, 11) is 0. The smallest absolute Gasteiger partial charge is 0.305 e. The summed E-state index contributed by atoms with van der Waals surface area (Å²) < 4.78 is 1.31. The molecule has 8 nitrogen and oxygen atoms in total. The van der Waals surface area contributed by atoms with Crippen LogP contribution in [0.15, 0.2) is 47.4 Å². The van der Waals surface area contributed by atoms with Gasteiger partial charge in [-0.2, -0.15) is 0 Å². The third-order valence-electron chi connectivity index (χ3n) is 3.50. The molecule has 0 spiro atoms. The number of aromatic nitrogens is 1. The molecule has 0 fully saturated rings. The number of carbonyl (C=O) groups is 3. The minimum Gasteiger partial charge on any atom is -0.481 e. The number of carboxylic acid groups (broad SMARTS) is 1. The van der Waals surface area contributed by atoms with Crippen molar-refractivity contribution in [3.8, 4) is 0 Å². The molecule has 3 N–H and O–H groups in total. The number of nitrogens with one attached hydrogen (secondary N) is 2. The molecule has 26 heavy (non-hydrogen) atoms. The predicted molar refractivity (Wildman–Crippen MR) is 95.1 cm³/mol. The van der Waals surface area contributed by atoms with E-state index >= 15 is 0 Å². The van der Waals surface area contributed by atoms with Crippen molar-refractivity contribution < 1.29 is 19.5 Å². The number of carbonyl (C=O) groups excluding carboxylic acids is 2. The van der Waals surface area contributed by atoms with Gasteiger partial charge in [0.15, 0.2) is 0 Å². The van der Waals surface area contributed by atoms with E-state index in [1.807, 2.05) is 6.92 Å². The maximum Gasteiger partial charge on any atom is 0.305 e. The van der Waals surface area contributed by atoms with Crippen LogP contribution < -0.4 is 16.2 Å². The van der Waals surface area contributed by atoms with E-state index in [0.29, 0.717) is 11.3 Å². The van der Waals surface area contributed by atoms with Crippen molar-refractivity contribution in [3.05, 3.63) is 64.1 Å². The molecule has 0 saturated carbocycles. The Morgan fingerprint density at radius 2 is 1.77 bits per heavy atom. The van der Waals surface area contributed by atoms with E-state index in [9.17, 15) is 19.2 Å². The van der Waals surface area contributed by atoms with Gasteiger partial charge in [-0.1, -0.05) is 6.07 Å². The van der Waals surface area contributed by atoms with Crippen LogP contribution in [0.2, 0.25) is 0 Å². The molecule has 2 rings (SSSR count). The number of benzene rings is 1. The SMILES string of the molecule is Cc1ccc(=O)n(CC(=O)Nc2ccc(C(=O)NCCC(=O)O)cc2)c1. The summed E-state index contributed by atoms with van der Waals surface area (Å²) in [6.45, 7) is 1.75. The van der Waals surface area contributed by atoms with Crippen LogP contribution in [-0.2, 0) is 16.1 Å². The zero-order chi connectivity index (χ0) is 19.1. The van der Waals surface area contributed by atoms with Gasteiger partial charge in [0.2, 0.25) is 5.91 Å². The molecule has 136 valence electrons. The minimum atomic E-state index is -0.990. The summed E-state index contributed by atoms with van der Waals surface area (Å²) in [6, 6.07) is 9.23. The zero-order valence-electron chi connectivity index (χ0n) is 14.2. The van der Waals surface area contributed by atoms with Gasteiger partial charge in [-0.05, 0) is 36.8 Å². The maximum atomic E-state index is 12.1. The molecule has 0 saturated heterocycles. The summed E-state index contributed by atoms with van der Waals surface area (Å²) in [6.07, 6.45) is 1.45. The Balaban J connectivity index is 1.93. The highest BCUT2D eigenvalue weighted by molar-refractivity contribution is 5.95. The van der Waals surface area contributed by atoms with Crippen molar-refractivity contribution in [2.45, 2.75) is 19.9 Å². The minimum absolute atomic E-state index is 0.0396. The lowest BCUT2D eigenvalue weighted by Gasteiger charge is -2.09. The summed E-state index contributed by atoms with van der Waals surface area (Å²) in [4.78, 5) is 46.0. The van der Waals surface area contributed by atoms with E-state index in [-0.39, 0.29) is 31.0 Å². The first kappa shape index (κ1) is 18.9. The molecule has 1 heterocycles. The second kappa shape index (κ2) is 8.61. The maximum absolute atomic E-state index is 12.1. The summed E-state index contributed by atoms with van der Waals surface area (Å²) in [5.41, 5.74) is 1.44. The fourth-order valence-electron chi connectivity index (χ4n) is 2.22. The van der Waals surface area contributed by atoms with Crippen LogP contribution in [0.4, 0.5) is 5.69 Å². The number of amides is 2. The Morgan fingerprint density at radius 3 is 2.42 bits per heavy atom. The van der Waals surface area contributed by atoms with Crippen molar-refractivity contribution in [2.24, 2.45) is 0 Å². The first-order valence-corrected chi connectivity index (χ1v) is 7.92. The average Bonchev–Trinajstić information content (AvgIpc) is 2.58. The molecule has 8 heteroatoms. The molecule has 2 aromatic rings. The molecular weight excluding hydrogens is 338 g/mol. The quantitative estimate of drug-likeness (QED) is 0.683. The monoisotopic (exact) mass is 357 g/mol. The zero-order valence-corrected chi connectivity index (χ0v) is 14.2. The van der Waals surface area contributed by atoms with Crippen molar-refractivity contribution in [1.29, 1.82) is 0 Å². The Labute approximate surface area is 149 Å². The van der Waals surface area contributed by atoms with E-state index in [4.69, 9.17) is 5.11 Å². The largest absolute Gasteiger partial charge is 0.481 e. The number of anilines is 1. The third kappa shape index (κ3) is 5.59. The van der Waals surface area contributed by atoms with Gasteiger partial charge in [-0.15, -0.1) is 0 Å². The summed E-state index contributed by atoms with van der Waals surface area (Å²) >= 11 is 0. The Morgan fingerprint density at radius 1 is 1.08 bits per heavy atom. The van der Waals surface area contributed by atoms with Crippen LogP contribution in [0.5, 0.6) is 0 Å². The number of rotatable bonds is 7. The second-order valence-corrected chi connectivity index (χ2v) is 5.70. The van der Waals surface area contributed by atoms with Gasteiger partial charge in [-0.3, -0.25) is 19.2 Å². The molecule has 0 aliphatic heterocycles. The molecule has 0 bridgehead atoms. The normalized spacial score (nSPS) is 10.2. The molecule has 0 atom stereocenters. The molecule has 1 aromatic carbocycles. The van der Waals surface area contributed by atoms with Crippen molar-refractivity contribution in [3.63, 3.8) is 0 Å². The average molecular weight is 357 g/mol. The summed E-state index contributed by atoms with van der Waals surface area (Å²) in [5.74, 6) is -1.75. The number of carboxylic acids is 1. The lowest BCUT2D eigenvalue weighted by molar-refractivity contribution is -0.136. The van der Waals surface area contributed by atoms with Crippen LogP contribution in [-0.4, -0.2) is 34.0 Å². The molecular formula is C18H19N3O5. The van der Waals surface area contributed by atoms with Gasteiger partial charge >= 0.3 is 5.97 Å². The van der Waals surface area contributed by atoms with Gasteiger partial charge in [0.25, 0.3) is 11.5 Å². The number of aliphatic carboxylic acids is 1. The van der Waals surface area contributed by atoms with E-state index < -0.39 is 11.9 Å². The third-order valence-corrected chi connectivity index (χ3v) is 3.50. The van der Waals surface area contributed by atoms with Gasteiger partial charge in [-0.25, -0.2) is 0 Å². The highest BCUT2D eigenvalue weighted by Crippen LogP contribution is 2.10. The van der Waals surface area contributed by atoms with Crippen molar-refractivity contribution in [1.82, 2.24) is 9.88 Å². The van der Waals surface area contributed by atoms with Crippen molar-refractivity contribution in [2.75, 3.05) is 11.9 Å². The number of nitrogens with zero attached hydrogens (tertiary/aromatic N) is 1. The van der Waals surface area contributed by atoms with Gasteiger partial charge in [0.1, 0.15) is 6.54 Å². The lowest BCUT2D eigenvalue weighted by Crippen LogP contribution is -2.27. The number of hydrogen-bond acceptors (Lipinski definition) is 4. The standard InChI is InChI=1S/C18H19N3O5/c1-12-2-7-16(23)21(10-12)11-15(22)20-14-5-3-13(4-6-14)18(26)19-9-8-17(24)25/h2-7,10H,8-9,11H2,1H3,(H,19,26)(H,20,22)(H,24,25). The molecule has 2 amide bonds. The van der Waals surface area contributed by atoms with Crippen LogP contribution in [0.25, 0.3) is 0 Å². The van der Waals surface area contributed by atoms with Gasteiger partial charge < -0.3 is 20.3 Å². The number of hydrogen-bond donors (Lipinski definition) is 3.